The quantitative estimate of drug-likeness (QED) is 0.908. The van der Waals surface area contributed by atoms with Gasteiger partial charge in [0.15, 0.2) is 5.82 Å². The normalized spacial score (nSPS) is 16.5. The Morgan fingerprint density at radius 2 is 2.00 bits per heavy atom. The van der Waals surface area contributed by atoms with Crippen LogP contribution in [0.25, 0.3) is 0 Å². The van der Waals surface area contributed by atoms with Gasteiger partial charge in [0.05, 0.1) is 5.69 Å². The Hall–Kier alpha value is -2.18. The molecule has 1 aliphatic rings. The van der Waals surface area contributed by atoms with Gasteiger partial charge in [-0.3, -0.25) is 9.48 Å². The molecule has 1 N–H and O–H groups in total. The van der Waals surface area contributed by atoms with Crippen LogP contribution in [0.5, 0.6) is 0 Å². The molecule has 1 saturated carbocycles. The number of hydrogen-bond donors (Lipinski definition) is 1. The van der Waals surface area contributed by atoms with Gasteiger partial charge in [-0.1, -0.05) is 18.0 Å². The number of aryl methyl sites for hydroxylation is 3. The average molecular weight is 331 g/mol. The van der Waals surface area contributed by atoms with Crippen molar-refractivity contribution in [2.45, 2.75) is 64.8 Å². The van der Waals surface area contributed by atoms with E-state index in [0.29, 0.717) is 24.6 Å². The molecule has 24 heavy (non-hydrogen) atoms. The molecular weight excluding hydrogens is 306 g/mol. The fourth-order valence-electron chi connectivity index (χ4n) is 3.62. The molecule has 0 saturated heterocycles. The number of aromatic nitrogens is 4. The molecule has 0 bridgehead atoms. The van der Waals surface area contributed by atoms with E-state index in [4.69, 9.17) is 4.52 Å². The molecule has 2 heterocycles. The van der Waals surface area contributed by atoms with Gasteiger partial charge < -0.3 is 9.84 Å². The summed E-state index contributed by atoms with van der Waals surface area (Å²) in [5.41, 5.74) is 2.80. The van der Waals surface area contributed by atoms with Gasteiger partial charge in [0.25, 0.3) is 0 Å². The zero-order chi connectivity index (χ0) is 17.3. The van der Waals surface area contributed by atoms with Gasteiger partial charge in [0.1, 0.15) is 5.54 Å². The summed E-state index contributed by atoms with van der Waals surface area (Å²) < 4.78 is 6.99. The van der Waals surface area contributed by atoms with Crippen LogP contribution in [0.15, 0.2) is 4.52 Å². The number of nitrogens with zero attached hydrogens (tertiary/aromatic N) is 4. The molecule has 2 aromatic heterocycles. The van der Waals surface area contributed by atoms with Gasteiger partial charge in [-0.05, 0) is 38.7 Å². The summed E-state index contributed by atoms with van der Waals surface area (Å²) in [7, 11) is 1.93. The van der Waals surface area contributed by atoms with Crippen LogP contribution in [0.2, 0.25) is 0 Å². The molecule has 1 amide bonds. The fraction of sp³-hybridized carbons (Fsp3) is 0.647. The van der Waals surface area contributed by atoms with Crippen molar-refractivity contribution in [1.29, 1.82) is 0 Å². The predicted octanol–water partition coefficient (Wildman–Crippen LogP) is 2.25. The molecule has 7 heteroatoms. The second kappa shape index (κ2) is 6.37. The van der Waals surface area contributed by atoms with Crippen molar-refractivity contribution < 1.29 is 9.32 Å². The molecule has 2 aromatic rings. The maximum absolute atomic E-state index is 12.6. The number of hydrogen-bond acceptors (Lipinski definition) is 5. The second-order valence-corrected chi connectivity index (χ2v) is 6.75. The molecule has 0 unspecified atom stereocenters. The average Bonchev–Trinajstić information content (AvgIpc) is 3.21. The van der Waals surface area contributed by atoms with E-state index in [-0.39, 0.29) is 5.91 Å². The van der Waals surface area contributed by atoms with Crippen molar-refractivity contribution in [3.63, 3.8) is 0 Å². The Kier molecular flexibility index (Phi) is 4.43. The first-order chi connectivity index (χ1) is 11.4. The summed E-state index contributed by atoms with van der Waals surface area (Å²) >= 11 is 0. The van der Waals surface area contributed by atoms with E-state index in [9.17, 15) is 4.79 Å². The molecule has 1 aliphatic carbocycles. The highest BCUT2D eigenvalue weighted by Crippen LogP contribution is 2.37. The third-order valence-corrected chi connectivity index (χ3v) is 5.05. The van der Waals surface area contributed by atoms with Crippen molar-refractivity contribution >= 4 is 5.91 Å². The summed E-state index contributed by atoms with van der Waals surface area (Å²) in [6.07, 6.45) is 4.99. The lowest BCUT2D eigenvalue weighted by atomic mass is 9.96. The smallest absolute Gasteiger partial charge is 0.223 e. The van der Waals surface area contributed by atoms with Crippen molar-refractivity contribution in [2.75, 3.05) is 0 Å². The fourth-order valence-corrected chi connectivity index (χ4v) is 3.62. The summed E-state index contributed by atoms with van der Waals surface area (Å²) in [4.78, 5) is 16.9. The molecule has 1 fully saturated rings. The Balaban J connectivity index is 1.68. The minimum atomic E-state index is -0.464. The van der Waals surface area contributed by atoms with Gasteiger partial charge >= 0.3 is 0 Å². The van der Waals surface area contributed by atoms with E-state index >= 15 is 0 Å². The molecule has 0 aromatic carbocycles. The van der Waals surface area contributed by atoms with E-state index in [0.717, 1.165) is 42.6 Å². The largest absolute Gasteiger partial charge is 0.343 e. The monoisotopic (exact) mass is 331 g/mol. The van der Waals surface area contributed by atoms with Crippen LogP contribution in [-0.4, -0.2) is 25.8 Å². The van der Waals surface area contributed by atoms with Crippen LogP contribution < -0.4 is 5.32 Å². The van der Waals surface area contributed by atoms with E-state index in [1.807, 2.05) is 25.6 Å². The van der Waals surface area contributed by atoms with E-state index in [2.05, 4.69) is 20.6 Å². The minimum Gasteiger partial charge on any atom is -0.343 e. The van der Waals surface area contributed by atoms with Crippen molar-refractivity contribution in [1.82, 2.24) is 25.2 Å². The van der Waals surface area contributed by atoms with Gasteiger partial charge in [-0.15, -0.1) is 0 Å². The van der Waals surface area contributed by atoms with Crippen molar-refractivity contribution in [3.8, 4) is 0 Å². The van der Waals surface area contributed by atoms with Crippen LogP contribution in [0, 0.1) is 20.8 Å². The molecule has 0 aliphatic heterocycles. The third-order valence-electron chi connectivity index (χ3n) is 5.05. The molecule has 0 atom stereocenters. The SMILES string of the molecule is Cc1nc(C2(NC(=O)CCc3c(C)nn(C)c3C)CCCC2)no1. The summed E-state index contributed by atoms with van der Waals surface area (Å²) in [5, 5.41) is 11.7. The zero-order valence-electron chi connectivity index (χ0n) is 14.8. The standard InChI is InChI=1S/C17H25N5O2/c1-11-14(12(2)22(4)20-11)7-8-15(23)19-17(9-5-6-10-17)16-18-13(3)24-21-16/h5-10H2,1-4H3,(H,19,23). The first-order valence-electron chi connectivity index (χ1n) is 8.52. The lowest BCUT2D eigenvalue weighted by Crippen LogP contribution is -2.44. The van der Waals surface area contributed by atoms with E-state index in [1.165, 1.54) is 0 Å². The number of carbonyl (C=O) groups is 1. The lowest BCUT2D eigenvalue weighted by Gasteiger charge is -2.26. The number of rotatable bonds is 5. The van der Waals surface area contributed by atoms with Crippen molar-refractivity contribution in [3.05, 3.63) is 28.7 Å². The van der Waals surface area contributed by atoms with Crippen LogP contribution in [0.3, 0.4) is 0 Å². The Morgan fingerprint density at radius 1 is 1.29 bits per heavy atom. The minimum absolute atomic E-state index is 0.0296. The first-order valence-corrected chi connectivity index (χ1v) is 8.52. The van der Waals surface area contributed by atoms with Gasteiger partial charge in [0, 0.05) is 26.1 Å². The lowest BCUT2D eigenvalue weighted by molar-refractivity contribution is -0.123. The number of amides is 1. The van der Waals surface area contributed by atoms with Crippen LogP contribution in [-0.2, 0) is 23.8 Å². The summed E-state index contributed by atoms with van der Waals surface area (Å²) in [6, 6.07) is 0. The number of carbonyl (C=O) groups excluding carboxylic acids is 1. The Bertz CT molecular complexity index is 740. The summed E-state index contributed by atoms with van der Waals surface area (Å²) in [6.45, 7) is 5.80. The van der Waals surface area contributed by atoms with Gasteiger partial charge in [-0.25, -0.2) is 0 Å². The molecule has 3 rings (SSSR count). The maximum Gasteiger partial charge on any atom is 0.223 e. The second-order valence-electron chi connectivity index (χ2n) is 6.75. The Morgan fingerprint density at radius 3 is 2.54 bits per heavy atom. The Labute approximate surface area is 141 Å². The first kappa shape index (κ1) is 16.7. The topological polar surface area (TPSA) is 85.8 Å². The number of nitrogens with one attached hydrogen (secondary N) is 1. The van der Waals surface area contributed by atoms with Crippen LogP contribution in [0.1, 0.15) is 60.8 Å². The van der Waals surface area contributed by atoms with Crippen LogP contribution >= 0.6 is 0 Å². The van der Waals surface area contributed by atoms with Gasteiger partial charge in [0.2, 0.25) is 11.8 Å². The molecule has 130 valence electrons. The van der Waals surface area contributed by atoms with Crippen molar-refractivity contribution in [2.24, 2.45) is 7.05 Å². The maximum atomic E-state index is 12.6. The predicted molar refractivity (Wildman–Crippen MR) is 88.3 cm³/mol. The van der Waals surface area contributed by atoms with E-state index in [1.54, 1.807) is 6.92 Å². The highest BCUT2D eigenvalue weighted by molar-refractivity contribution is 5.77. The highest BCUT2D eigenvalue weighted by atomic mass is 16.5. The molecule has 7 nitrogen and oxygen atoms in total. The molecular formula is C17H25N5O2. The van der Waals surface area contributed by atoms with Gasteiger partial charge in [-0.2, -0.15) is 10.1 Å². The van der Waals surface area contributed by atoms with E-state index < -0.39 is 5.54 Å². The van der Waals surface area contributed by atoms with Crippen LogP contribution in [0.4, 0.5) is 0 Å². The summed E-state index contributed by atoms with van der Waals surface area (Å²) in [5.74, 6) is 1.17. The molecule has 0 spiro atoms. The molecule has 0 radical (unpaired) electrons. The highest BCUT2D eigenvalue weighted by Gasteiger charge is 2.41. The third kappa shape index (κ3) is 3.07. The zero-order valence-corrected chi connectivity index (χ0v) is 14.8.